The molecule has 0 aliphatic heterocycles. The summed E-state index contributed by atoms with van der Waals surface area (Å²) in [5.41, 5.74) is 4.29. The molecule has 0 saturated carbocycles. The van der Waals surface area contributed by atoms with Crippen molar-refractivity contribution in [3.63, 3.8) is 0 Å². The molecule has 6 nitrogen and oxygen atoms in total. The van der Waals surface area contributed by atoms with Gasteiger partial charge in [0.25, 0.3) is 0 Å². The third-order valence-corrected chi connectivity index (χ3v) is 4.74. The van der Waals surface area contributed by atoms with Gasteiger partial charge in [0.1, 0.15) is 12.4 Å². The van der Waals surface area contributed by atoms with Gasteiger partial charge >= 0.3 is 0 Å². The molecule has 3 aromatic rings. The van der Waals surface area contributed by atoms with Crippen molar-refractivity contribution < 1.29 is 9.90 Å². The van der Waals surface area contributed by atoms with Crippen molar-refractivity contribution >= 4 is 16.9 Å². The van der Waals surface area contributed by atoms with E-state index in [1.165, 1.54) is 11.4 Å². The van der Waals surface area contributed by atoms with Gasteiger partial charge < -0.3 is 19.6 Å². The maximum Gasteiger partial charge on any atom is 0.220 e. The van der Waals surface area contributed by atoms with Gasteiger partial charge in [-0.1, -0.05) is 12.1 Å². The Morgan fingerprint density at radius 1 is 1.08 bits per heavy atom. The Balaban J connectivity index is 1.48. The van der Waals surface area contributed by atoms with E-state index in [-0.39, 0.29) is 12.5 Å². The topological polar surface area (TPSA) is 72.1 Å². The van der Waals surface area contributed by atoms with Crippen LogP contribution in [0.4, 0.5) is 0 Å². The fraction of sp³-hybridized carbons (Fsp3) is 0.400. The first kappa shape index (κ1) is 18.2. The van der Waals surface area contributed by atoms with Crippen LogP contribution in [0.2, 0.25) is 0 Å². The quantitative estimate of drug-likeness (QED) is 0.653. The molecule has 2 N–H and O–H groups in total. The number of hydrogen-bond donors (Lipinski definition) is 2. The lowest BCUT2D eigenvalue weighted by atomic mass is 10.3. The molecule has 0 fully saturated rings. The predicted molar refractivity (Wildman–Crippen MR) is 102 cm³/mol. The van der Waals surface area contributed by atoms with E-state index < -0.39 is 0 Å². The van der Waals surface area contributed by atoms with E-state index in [0.717, 1.165) is 24.0 Å². The molecular formula is C20H26N4O2. The number of para-hydroxylation sites is 2. The second-order valence-corrected chi connectivity index (χ2v) is 6.55. The highest BCUT2D eigenvalue weighted by Crippen LogP contribution is 2.15. The number of aliphatic hydroxyl groups is 1. The third kappa shape index (κ3) is 3.96. The largest absolute Gasteiger partial charge is 0.388 e. The molecule has 2 heterocycles. The summed E-state index contributed by atoms with van der Waals surface area (Å²) in [7, 11) is 0. The average Bonchev–Trinajstić information content (AvgIpc) is 3.16. The zero-order chi connectivity index (χ0) is 18.5. The predicted octanol–water partition coefficient (Wildman–Crippen LogP) is 2.54. The first-order chi connectivity index (χ1) is 12.6. The lowest BCUT2D eigenvalue weighted by Crippen LogP contribution is -2.27. The van der Waals surface area contributed by atoms with E-state index in [2.05, 4.69) is 40.8 Å². The summed E-state index contributed by atoms with van der Waals surface area (Å²) in [6.07, 6.45) is 1.33. The Labute approximate surface area is 153 Å². The Kier molecular flexibility index (Phi) is 5.73. The SMILES string of the molecule is Cc1ccc(C)n1CCCC(=O)NCCn1c(CO)nc2ccccc21. The summed E-state index contributed by atoms with van der Waals surface area (Å²) < 4.78 is 4.20. The van der Waals surface area contributed by atoms with Crippen molar-refractivity contribution in [2.75, 3.05) is 6.54 Å². The number of aryl methyl sites for hydroxylation is 2. The number of imidazole rings is 1. The maximum atomic E-state index is 12.1. The number of amides is 1. The van der Waals surface area contributed by atoms with Crippen LogP contribution in [0.5, 0.6) is 0 Å². The van der Waals surface area contributed by atoms with Crippen LogP contribution in [-0.4, -0.2) is 31.7 Å². The van der Waals surface area contributed by atoms with Crippen LogP contribution in [0.3, 0.4) is 0 Å². The van der Waals surface area contributed by atoms with Crippen molar-refractivity contribution in [3.8, 4) is 0 Å². The fourth-order valence-electron chi connectivity index (χ4n) is 3.34. The van der Waals surface area contributed by atoms with Gasteiger partial charge in [-0.15, -0.1) is 0 Å². The van der Waals surface area contributed by atoms with Gasteiger partial charge in [-0.25, -0.2) is 4.98 Å². The summed E-state index contributed by atoms with van der Waals surface area (Å²) in [6.45, 7) is 6.03. The van der Waals surface area contributed by atoms with Crippen LogP contribution in [0.1, 0.15) is 30.1 Å². The molecule has 6 heteroatoms. The van der Waals surface area contributed by atoms with Gasteiger partial charge in [-0.2, -0.15) is 0 Å². The molecule has 3 rings (SSSR count). The highest BCUT2D eigenvalue weighted by Gasteiger charge is 2.10. The van der Waals surface area contributed by atoms with Gasteiger partial charge in [0, 0.05) is 37.4 Å². The van der Waals surface area contributed by atoms with E-state index in [0.29, 0.717) is 25.3 Å². The molecule has 0 unspecified atom stereocenters. The Morgan fingerprint density at radius 3 is 2.54 bits per heavy atom. The lowest BCUT2D eigenvalue weighted by Gasteiger charge is -2.11. The molecule has 0 aliphatic carbocycles. The molecule has 26 heavy (non-hydrogen) atoms. The number of benzene rings is 1. The molecule has 0 radical (unpaired) electrons. The Hall–Kier alpha value is -2.60. The summed E-state index contributed by atoms with van der Waals surface area (Å²) in [4.78, 5) is 16.5. The van der Waals surface area contributed by atoms with E-state index >= 15 is 0 Å². The van der Waals surface area contributed by atoms with E-state index in [4.69, 9.17) is 0 Å². The molecule has 2 aromatic heterocycles. The number of hydrogen-bond acceptors (Lipinski definition) is 3. The number of aliphatic hydroxyl groups excluding tert-OH is 1. The van der Waals surface area contributed by atoms with E-state index in [1.54, 1.807) is 0 Å². The molecule has 0 aliphatic rings. The first-order valence-electron chi connectivity index (χ1n) is 9.04. The number of fused-ring (bicyclic) bond motifs is 1. The van der Waals surface area contributed by atoms with Crippen LogP contribution in [0.25, 0.3) is 11.0 Å². The van der Waals surface area contributed by atoms with Crippen molar-refractivity contribution in [1.29, 1.82) is 0 Å². The minimum absolute atomic E-state index is 0.0578. The highest BCUT2D eigenvalue weighted by atomic mass is 16.3. The second kappa shape index (κ2) is 8.19. The molecular weight excluding hydrogens is 328 g/mol. The fourth-order valence-corrected chi connectivity index (χ4v) is 3.34. The zero-order valence-corrected chi connectivity index (χ0v) is 15.4. The number of aromatic nitrogens is 3. The number of nitrogens with one attached hydrogen (secondary N) is 1. The van der Waals surface area contributed by atoms with E-state index in [1.807, 2.05) is 28.8 Å². The van der Waals surface area contributed by atoms with Crippen molar-refractivity contribution in [1.82, 2.24) is 19.4 Å². The van der Waals surface area contributed by atoms with E-state index in [9.17, 15) is 9.90 Å². The number of carbonyl (C=O) groups is 1. The smallest absolute Gasteiger partial charge is 0.220 e. The van der Waals surface area contributed by atoms with Crippen molar-refractivity contribution in [3.05, 3.63) is 53.6 Å². The number of rotatable bonds is 8. The second-order valence-electron chi connectivity index (χ2n) is 6.55. The molecule has 0 bridgehead atoms. The summed E-state index contributed by atoms with van der Waals surface area (Å²) in [5, 5.41) is 12.5. The lowest BCUT2D eigenvalue weighted by molar-refractivity contribution is -0.121. The number of nitrogens with zero attached hydrogens (tertiary/aromatic N) is 3. The molecule has 1 aromatic carbocycles. The van der Waals surface area contributed by atoms with Gasteiger partial charge in [-0.3, -0.25) is 4.79 Å². The van der Waals surface area contributed by atoms with Crippen LogP contribution in [0.15, 0.2) is 36.4 Å². The average molecular weight is 354 g/mol. The summed E-state index contributed by atoms with van der Waals surface area (Å²) >= 11 is 0. The summed E-state index contributed by atoms with van der Waals surface area (Å²) in [6, 6.07) is 12.0. The third-order valence-electron chi connectivity index (χ3n) is 4.74. The minimum atomic E-state index is -0.113. The van der Waals surface area contributed by atoms with Crippen molar-refractivity contribution in [2.45, 2.75) is 46.4 Å². The monoisotopic (exact) mass is 354 g/mol. The van der Waals surface area contributed by atoms with Crippen LogP contribution >= 0.6 is 0 Å². The summed E-state index contributed by atoms with van der Waals surface area (Å²) in [5.74, 6) is 0.682. The standard InChI is InChI=1S/C20H26N4O2/c1-15-9-10-16(2)23(15)12-5-8-20(26)21-11-13-24-18-7-4-3-6-17(18)22-19(24)14-25/h3-4,6-7,9-10,25H,5,8,11-14H2,1-2H3,(H,21,26). The zero-order valence-electron chi connectivity index (χ0n) is 15.4. The first-order valence-corrected chi connectivity index (χ1v) is 9.04. The molecule has 0 saturated heterocycles. The van der Waals surface area contributed by atoms with Gasteiger partial charge in [0.05, 0.1) is 11.0 Å². The van der Waals surface area contributed by atoms with Crippen LogP contribution in [-0.2, 0) is 24.5 Å². The molecule has 1 amide bonds. The van der Waals surface area contributed by atoms with Crippen LogP contribution < -0.4 is 5.32 Å². The van der Waals surface area contributed by atoms with Gasteiger partial charge in [-0.05, 0) is 44.5 Å². The van der Waals surface area contributed by atoms with Crippen molar-refractivity contribution in [2.24, 2.45) is 0 Å². The Morgan fingerprint density at radius 2 is 1.81 bits per heavy atom. The minimum Gasteiger partial charge on any atom is -0.388 e. The van der Waals surface area contributed by atoms with Crippen LogP contribution in [0, 0.1) is 13.8 Å². The molecule has 138 valence electrons. The van der Waals surface area contributed by atoms with Gasteiger partial charge in [0.2, 0.25) is 5.91 Å². The normalized spacial score (nSPS) is 11.2. The number of carbonyl (C=O) groups excluding carboxylic acids is 1. The Bertz CT molecular complexity index is 875. The molecule has 0 atom stereocenters. The maximum absolute atomic E-state index is 12.1. The molecule has 0 spiro atoms. The highest BCUT2D eigenvalue weighted by molar-refractivity contribution is 5.76. The van der Waals surface area contributed by atoms with Gasteiger partial charge in [0.15, 0.2) is 0 Å².